The van der Waals surface area contributed by atoms with Crippen molar-refractivity contribution in [1.29, 1.82) is 0 Å². The lowest BCUT2D eigenvalue weighted by Crippen LogP contribution is -2.46. The molecule has 0 radical (unpaired) electrons. The van der Waals surface area contributed by atoms with Gasteiger partial charge >= 0.3 is 5.97 Å². The Hall–Kier alpha value is -1.82. The Kier molecular flexibility index (Phi) is 4.79. The zero-order chi connectivity index (χ0) is 14.5. The highest BCUT2D eigenvalue weighted by Crippen LogP contribution is 2.15. The molecule has 20 heavy (non-hydrogen) atoms. The molecule has 0 aromatic carbocycles. The highest BCUT2D eigenvalue weighted by atomic mass is 16.5. The first-order valence-corrected chi connectivity index (χ1v) is 6.80. The molecule has 2 N–H and O–H groups in total. The van der Waals surface area contributed by atoms with E-state index in [1.807, 2.05) is 0 Å². The van der Waals surface area contributed by atoms with E-state index in [1.54, 1.807) is 13.0 Å². The fourth-order valence-corrected chi connectivity index (χ4v) is 2.32. The molecule has 1 fully saturated rings. The molecule has 0 spiro atoms. The van der Waals surface area contributed by atoms with E-state index in [-0.39, 0.29) is 18.5 Å². The first-order chi connectivity index (χ1) is 9.61. The van der Waals surface area contributed by atoms with E-state index in [0.29, 0.717) is 17.1 Å². The van der Waals surface area contributed by atoms with Crippen molar-refractivity contribution in [2.24, 2.45) is 0 Å². The van der Waals surface area contributed by atoms with E-state index >= 15 is 0 Å². The number of esters is 1. The molecule has 2 heterocycles. The van der Waals surface area contributed by atoms with Gasteiger partial charge in [0.1, 0.15) is 17.1 Å². The number of rotatable bonds is 4. The predicted molar refractivity (Wildman–Crippen MR) is 72.3 cm³/mol. The number of hydrogen-bond donors (Lipinski definition) is 2. The van der Waals surface area contributed by atoms with Gasteiger partial charge in [0.05, 0.1) is 19.7 Å². The molecule has 0 saturated carbocycles. The molecule has 1 amide bonds. The Bertz CT molecular complexity index is 489. The van der Waals surface area contributed by atoms with Crippen LogP contribution in [0.1, 0.15) is 41.1 Å². The normalized spacial score (nSPS) is 18.6. The number of hydrogen-bond acceptors (Lipinski definition) is 5. The Morgan fingerprint density at radius 3 is 2.95 bits per heavy atom. The fourth-order valence-electron chi connectivity index (χ4n) is 2.32. The first-order valence-electron chi connectivity index (χ1n) is 6.80. The molecule has 0 aliphatic carbocycles. The third kappa shape index (κ3) is 3.39. The van der Waals surface area contributed by atoms with Crippen molar-refractivity contribution in [1.82, 2.24) is 10.6 Å². The summed E-state index contributed by atoms with van der Waals surface area (Å²) in [6.07, 6.45) is 3.04. The lowest BCUT2D eigenvalue weighted by molar-refractivity contribution is -0.123. The van der Waals surface area contributed by atoms with Crippen LogP contribution in [0.2, 0.25) is 0 Å². The number of ether oxygens (including phenoxy) is 1. The molecule has 6 heteroatoms. The van der Waals surface area contributed by atoms with E-state index in [9.17, 15) is 9.59 Å². The van der Waals surface area contributed by atoms with Gasteiger partial charge in [-0.25, -0.2) is 4.79 Å². The van der Waals surface area contributed by atoms with Gasteiger partial charge < -0.3 is 19.8 Å². The second-order valence-electron chi connectivity index (χ2n) is 4.89. The maximum Gasteiger partial charge on any atom is 0.341 e. The molecular formula is C14H20N2O4. The molecule has 1 atom stereocenters. The SMILES string of the molecule is COC(=O)c1cc(CNC(=O)C2CCCCN2)oc1C. The minimum atomic E-state index is -0.433. The summed E-state index contributed by atoms with van der Waals surface area (Å²) in [4.78, 5) is 23.4. The number of carbonyl (C=O) groups is 2. The van der Waals surface area contributed by atoms with E-state index < -0.39 is 5.97 Å². The third-order valence-electron chi connectivity index (χ3n) is 3.44. The Labute approximate surface area is 117 Å². The van der Waals surface area contributed by atoms with Crippen molar-refractivity contribution in [3.05, 3.63) is 23.2 Å². The highest BCUT2D eigenvalue weighted by molar-refractivity contribution is 5.90. The minimum Gasteiger partial charge on any atom is -0.465 e. The Morgan fingerprint density at radius 1 is 1.50 bits per heavy atom. The van der Waals surface area contributed by atoms with Crippen molar-refractivity contribution in [2.75, 3.05) is 13.7 Å². The summed E-state index contributed by atoms with van der Waals surface area (Å²) in [5.74, 6) is 0.583. The number of methoxy groups -OCH3 is 1. The van der Waals surface area contributed by atoms with Crippen LogP contribution >= 0.6 is 0 Å². The summed E-state index contributed by atoms with van der Waals surface area (Å²) in [6, 6.07) is 1.48. The van der Waals surface area contributed by atoms with Crippen LogP contribution in [0, 0.1) is 6.92 Å². The second kappa shape index (κ2) is 6.56. The minimum absolute atomic E-state index is 0.0293. The van der Waals surface area contributed by atoms with Gasteiger partial charge in [0.2, 0.25) is 5.91 Å². The summed E-state index contributed by atoms with van der Waals surface area (Å²) < 4.78 is 10.1. The van der Waals surface area contributed by atoms with Crippen LogP contribution in [0.4, 0.5) is 0 Å². The van der Waals surface area contributed by atoms with Gasteiger partial charge in [0.25, 0.3) is 0 Å². The summed E-state index contributed by atoms with van der Waals surface area (Å²) in [7, 11) is 1.32. The van der Waals surface area contributed by atoms with Crippen LogP contribution in [-0.4, -0.2) is 31.6 Å². The summed E-state index contributed by atoms with van der Waals surface area (Å²) >= 11 is 0. The molecule has 6 nitrogen and oxygen atoms in total. The molecule has 1 saturated heterocycles. The highest BCUT2D eigenvalue weighted by Gasteiger charge is 2.21. The second-order valence-corrected chi connectivity index (χ2v) is 4.89. The molecule has 1 aromatic heterocycles. The average Bonchev–Trinajstić information content (AvgIpc) is 2.86. The number of carbonyl (C=O) groups excluding carboxylic acids is 2. The monoisotopic (exact) mass is 280 g/mol. The smallest absolute Gasteiger partial charge is 0.341 e. The van der Waals surface area contributed by atoms with Crippen molar-refractivity contribution < 1.29 is 18.7 Å². The third-order valence-corrected chi connectivity index (χ3v) is 3.44. The first kappa shape index (κ1) is 14.6. The number of nitrogens with one attached hydrogen (secondary N) is 2. The zero-order valence-corrected chi connectivity index (χ0v) is 11.8. The van der Waals surface area contributed by atoms with Crippen LogP contribution in [0.15, 0.2) is 10.5 Å². The largest absolute Gasteiger partial charge is 0.465 e. The maximum absolute atomic E-state index is 11.9. The van der Waals surface area contributed by atoms with Gasteiger partial charge in [-0.2, -0.15) is 0 Å². The molecule has 1 unspecified atom stereocenters. The van der Waals surface area contributed by atoms with Crippen LogP contribution in [0.3, 0.4) is 0 Å². The van der Waals surface area contributed by atoms with Crippen LogP contribution in [-0.2, 0) is 16.1 Å². The van der Waals surface area contributed by atoms with Crippen LogP contribution in [0.5, 0.6) is 0 Å². The van der Waals surface area contributed by atoms with Crippen molar-refractivity contribution >= 4 is 11.9 Å². The molecular weight excluding hydrogens is 260 g/mol. The summed E-state index contributed by atoms with van der Waals surface area (Å²) in [5.41, 5.74) is 0.396. The molecule has 0 bridgehead atoms. The fraction of sp³-hybridized carbons (Fsp3) is 0.571. The molecule has 2 rings (SSSR count). The van der Waals surface area contributed by atoms with Gasteiger partial charge in [0, 0.05) is 0 Å². The number of furan rings is 1. The van der Waals surface area contributed by atoms with Crippen molar-refractivity contribution in [3.8, 4) is 0 Å². The van der Waals surface area contributed by atoms with E-state index in [2.05, 4.69) is 15.4 Å². The lowest BCUT2D eigenvalue weighted by atomic mass is 10.0. The maximum atomic E-state index is 11.9. The predicted octanol–water partition coefficient (Wildman–Crippen LogP) is 1.13. The average molecular weight is 280 g/mol. The number of amides is 1. The summed E-state index contributed by atoms with van der Waals surface area (Å²) in [5, 5.41) is 6.00. The standard InChI is InChI=1S/C14H20N2O4/c1-9-11(14(18)19-2)7-10(20-9)8-16-13(17)12-5-3-4-6-15-12/h7,12,15H,3-6,8H2,1-2H3,(H,16,17). The zero-order valence-electron chi connectivity index (χ0n) is 11.8. The van der Waals surface area contributed by atoms with Crippen molar-refractivity contribution in [3.63, 3.8) is 0 Å². The summed E-state index contributed by atoms with van der Waals surface area (Å²) in [6.45, 7) is 2.85. The van der Waals surface area contributed by atoms with Gasteiger partial charge in [0.15, 0.2) is 0 Å². The van der Waals surface area contributed by atoms with Gasteiger partial charge in [-0.3, -0.25) is 4.79 Å². The molecule has 110 valence electrons. The molecule has 1 aliphatic heterocycles. The van der Waals surface area contributed by atoms with Crippen LogP contribution < -0.4 is 10.6 Å². The van der Waals surface area contributed by atoms with Gasteiger partial charge in [-0.05, 0) is 32.4 Å². The lowest BCUT2D eigenvalue weighted by Gasteiger charge is -2.22. The Morgan fingerprint density at radius 2 is 2.30 bits per heavy atom. The van der Waals surface area contributed by atoms with E-state index in [0.717, 1.165) is 25.8 Å². The molecule has 1 aromatic rings. The Balaban J connectivity index is 1.90. The molecule has 1 aliphatic rings. The quantitative estimate of drug-likeness (QED) is 0.808. The topological polar surface area (TPSA) is 80.6 Å². The number of aryl methyl sites for hydroxylation is 1. The van der Waals surface area contributed by atoms with E-state index in [1.165, 1.54) is 7.11 Å². The van der Waals surface area contributed by atoms with Crippen molar-refractivity contribution in [2.45, 2.75) is 38.8 Å². The van der Waals surface area contributed by atoms with E-state index in [4.69, 9.17) is 4.42 Å². The van der Waals surface area contributed by atoms with Gasteiger partial charge in [-0.15, -0.1) is 0 Å². The van der Waals surface area contributed by atoms with Gasteiger partial charge in [-0.1, -0.05) is 6.42 Å². The van der Waals surface area contributed by atoms with Crippen LogP contribution in [0.25, 0.3) is 0 Å². The number of piperidine rings is 1.